The van der Waals surface area contributed by atoms with Crippen LogP contribution in [0.3, 0.4) is 0 Å². The molecule has 0 atom stereocenters. The van der Waals surface area contributed by atoms with Gasteiger partial charge in [-0.25, -0.2) is 9.98 Å². The number of nitrogens with two attached hydrogens (primary N) is 1. The van der Waals surface area contributed by atoms with E-state index in [4.69, 9.17) is 10.2 Å². The molecular weight excluding hydrogens is 340 g/mol. The molecule has 1 aromatic heterocycles. The van der Waals surface area contributed by atoms with Gasteiger partial charge in [0.05, 0.1) is 11.8 Å². The summed E-state index contributed by atoms with van der Waals surface area (Å²) in [5.41, 5.74) is 9.67. The van der Waals surface area contributed by atoms with E-state index in [1.165, 1.54) is 18.0 Å². The Hall–Kier alpha value is -3.15. The van der Waals surface area contributed by atoms with E-state index in [9.17, 15) is 4.79 Å². The summed E-state index contributed by atoms with van der Waals surface area (Å²) >= 11 is 0. The van der Waals surface area contributed by atoms with Gasteiger partial charge in [0.2, 0.25) is 5.89 Å². The van der Waals surface area contributed by atoms with E-state index in [2.05, 4.69) is 47.9 Å². The number of rotatable bonds is 7. The van der Waals surface area contributed by atoms with Crippen molar-refractivity contribution in [3.8, 4) is 0 Å². The highest BCUT2D eigenvalue weighted by atomic mass is 16.3. The molecule has 0 saturated carbocycles. The molecule has 1 amide bonds. The van der Waals surface area contributed by atoms with E-state index in [0.29, 0.717) is 24.1 Å². The zero-order valence-corrected chi connectivity index (χ0v) is 16.2. The van der Waals surface area contributed by atoms with E-state index in [-0.39, 0.29) is 17.3 Å². The number of hydrogen-bond donors (Lipinski definition) is 2. The van der Waals surface area contributed by atoms with Gasteiger partial charge in [-0.15, -0.1) is 0 Å². The van der Waals surface area contributed by atoms with Crippen molar-refractivity contribution in [1.29, 1.82) is 0 Å². The first-order chi connectivity index (χ1) is 12.8. The lowest BCUT2D eigenvalue weighted by Gasteiger charge is -2.10. The number of carbonyl (C=O) groups excluding carboxylic acids is 1. The number of aliphatic imine (C=N–C) groups is 1. The first kappa shape index (κ1) is 20.2. The van der Waals surface area contributed by atoms with Crippen molar-refractivity contribution in [2.45, 2.75) is 40.2 Å². The third-order valence-electron chi connectivity index (χ3n) is 4.02. The molecule has 0 aliphatic carbocycles. The van der Waals surface area contributed by atoms with E-state index in [0.717, 1.165) is 11.1 Å². The third-order valence-corrected chi connectivity index (χ3v) is 4.02. The zero-order chi connectivity index (χ0) is 20.0. The number of nitrogens with zero attached hydrogens (tertiary/aromatic N) is 2. The summed E-state index contributed by atoms with van der Waals surface area (Å²) in [4.78, 5) is 20.7. The smallest absolute Gasteiger partial charge is 0.254 e. The minimum absolute atomic E-state index is 0.0251. The molecule has 142 valence electrons. The van der Waals surface area contributed by atoms with Crippen LogP contribution < -0.4 is 11.1 Å². The molecule has 0 spiro atoms. The molecule has 0 aliphatic rings. The molecule has 0 unspecified atom stereocenters. The lowest BCUT2D eigenvalue weighted by Crippen LogP contribution is -2.30. The Bertz CT molecular complexity index is 856. The summed E-state index contributed by atoms with van der Waals surface area (Å²) in [6.45, 7) is 12.1. The summed E-state index contributed by atoms with van der Waals surface area (Å²) in [5, 5.41) is 2.81. The standard InChI is InChI=1S/C21H26N4O2/c1-13(2)17-8-6-16(7-9-17)12-24-20(26)15(5)19(22)25-18(14(3)4)21-23-10-11-27-21/h6-11,13H,5,12H2,1-4H3,(H2,22,25)(H,24,26). The van der Waals surface area contributed by atoms with Crippen molar-refractivity contribution in [1.82, 2.24) is 10.3 Å². The number of amidine groups is 1. The molecule has 0 aliphatic heterocycles. The Balaban J connectivity index is 2.03. The molecule has 6 heteroatoms. The summed E-state index contributed by atoms with van der Waals surface area (Å²) < 4.78 is 5.27. The van der Waals surface area contributed by atoms with Crippen LogP contribution in [-0.2, 0) is 11.3 Å². The van der Waals surface area contributed by atoms with Gasteiger partial charge < -0.3 is 15.5 Å². The summed E-state index contributed by atoms with van der Waals surface area (Å²) in [6.07, 6.45) is 2.98. The van der Waals surface area contributed by atoms with Crippen LogP contribution in [-0.4, -0.2) is 16.7 Å². The maximum absolute atomic E-state index is 12.3. The number of hydrogen-bond acceptors (Lipinski definition) is 4. The van der Waals surface area contributed by atoms with Crippen LogP contribution in [0, 0.1) is 0 Å². The Labute approximate surface area is 159 Å². The summed E-state index contributed by atoms with van der Waals surface area (Å²) in [6, 6.07) is 8.13. The maximum Gasteiger partial charge on any atom is 0.254 e. The van der Waals surface area contributed by atoms with Gasteiger partial charge in [-0.05, 0) is 36.5 Å². The van der Waals surface area contributed by atoms with Gasteiger partial charge in [0.25, 0.3) is 5.91 Å². The van der Waals surface area contributed by atoms with Crippen LogP contribution in [0.15, 0.2) is 63.9 Å². The average molecular weight is 366 g/mol. The third kappa shape index (κ3) is 5.41. The second-order valence-corrected chi connectivity index (χ2v) is 6.74. The predicted octanol–water partition coefficient (Wildman–Crippen LogP) is 3.78. The monoisotopic (exact) mass is 366 g/mol. The first-order valence-corrected chi connectivity index (χ1v) is 8.77. The summed E-state index contributed by atoms with van der Waals surface area (Å²) in [5.74, 6) is 0.468. The fourth-order valence-corrected chi connectivity index (χ4v) is 2.33. The van der Waals surface area contributed by atoms with Gasteiger partial charge in [0, 0.05) is 6.54 Å². The Morgan fingerprint density at radius 3 is 2.48 bits per heavy atom. The highest BCUT2D eigenvalue weighted by molar-refractivity contribution is 6.20. The largest absolute Gasteiger partial charge is 0.443 e. The molecule has 6 nitrogen and oxygen atoms in total. The number of aromatic nitrogens is 1. The number of amides is 1. The molecule has 0 fully saturated rings. The van der Waals surface area contributed by atoms with Crippen LogP contribution in [0.2, 0.25) is 0 Å². The number of nitrogens with one attached hydrogen (secondary N) is 1. The quantitative estimate of drug-likeness (QED) is 0.443. The van der Waals surface area contributed by atoms with Crippen molar-refractivity contribution in [2.24, 2.45) is 10.7 Å². The zero-order valence-electron chi connectivity index (χ0n) is 16.2. The second kappa shape index (κ2) is 8.98. The van der Waals surface area contributed by atoms with Crippen LogP contribution in [0.1, 0.15) is 50.6 Å². The lowest BCUT2D eigenvalue weighted by atomic mass is 10.0. The van der Waals surface area contributed by atoms with E-state index in [1.54, 1.807) is 0 Å². The van der Waals surface area contributed by atoms with Crippen LogP contribution in [0.25, 0.3) is 5.70 Å². The molecule has 2 aromatic rings. The van der Waals surface area contributed by atoms with E-state index in [1.807, 2.05) is 26.0 Å². The minimum Gasteiger partial charge on any atom is -0.443 e. The number of allylic oxidation sites excluding steroid dienone is 1. The summed E-state index contributed by atoms with van der Waals surface area (Å²) in [7, 11) is 0. The van der Waals surface area contributed by atoms with Gasteiger partial charge in [0.1, 0.15) is 17.8 Å². The van der Waals surface area contributed by atoms with Crippen LogP contribution in [0.4, 0.5) is 0 Å². The molecule has 0 saturated heterocycles. The van der Waals surface area contributed by atoms with Gasteiger partial charge in [0.15, 0.2) is 0 Å². The second-order valence-electron chi connectivity index (χ2n) is 6.74. The normalized spacial score (nSPS) is 11.4. The van der Waals surface area contributed by atoms with E-state index < -0.39 is 0 Å². The maximum atomic E-state index is 12.3. The SMILES string of the molecule is C=C(C(=O)NCc1ccc(C(C)C)cc1)C(N)=NC(=C(C)C)c1ncco1. The van der Waals surface area contributed by atoms with Gasteiger partial charge >= 0.3 is 0 Å². The molecule has 1 aromatic carbocycles. The van der Waals surface area contributed by atoms with Crippen LogP contribution in [0.5, 0.6) is 0 Å². The Morgan fingerprint density at radius 2 is 1.96 bits per heavy atom. The van der Waals surface area contributed by atoms with Crippen molar-refractivity contribution < 1.29 is 9.21 Å². The highest BCUT2D eigenvalue weighted by Gasteiger charge is 2.14. The molecule has 0 radical (unpaired) electrons. The van der Waals surface area contributed by atoms with Gasteiger partial charge in [-0.3, -0.25) is 4.79 Å². The minimum atomic E-state index is -0.371. The van der Waals surface area contributed by atoms with Crippen molar-refractivity contribution in [3.63, 3.8) is 0 Å². The fourth-order valence-electron chi connectivity index (χ4n) is 2.33. The van der Waals surface area contributed by atoms with Crippen molar-refractivity contribution in [2.75, 3.05) is 0 Å². The predicted molar refractivity (Wildman–Crippen MR) is 108 cm³/mol. The van der Waals surface area contributed by atoms with Gasteiger partial charge in [-0.1, -0.05) is 44.7 Å². The molecule has 3 N–H and O–H groups in total. The van der Waals surface area contributed by atoms with Gasteiger partial charge in [-0.2, -0.15) is 0 Å². The van der Waals surface area contributed by atoms with Crippen molar-refractivity contribution >= 4 is 17.4 Å². The number of benzene rings is 1. The molecule has 0 bridgehead atoms. The van der Waals surface area contributed by atoms with Crippen LogP contribution >= 0.6 is 0 Å². The van der Waals surface area contributed by atoms with Crippen molar-refractivity contribution in [3.05, 3.63) is 71.5 Å². The average Bonchev–Trinajstić information content (AvgIpc) is 3.17. The molecule has 27 heavy (non-hydrogen) atoms. The lowest BCUT2D eigenvalue weighted by molar-refractivity contribution is -0.117. The number of oxazole rings is 1. The fraction of sp³-hybridized carbons (Fsp3) is 0.286. The Morgan fingerprint density at radius 1 is 1.30 bits per heavy atom. The first-order valence-electron chi connectivity index (χ1n) is 8.77. The molecule has 1 heterocycles. The molecular formula is C21H26N4O2. The number of carbonyl (C=O) groups is 1. The topological polar surface area (TPSA) is 93.5 Å². The Kier molecular flexibility index (Phi) is 6.71. The molecule has 2 rings (SSSR count). The van der Waals surface area contributed by atoms with E-state index >= 15 is 0 Å². The highest BCUT2D eigenvalue weighted by Crippen LogP contribution is 2.19.